The average Bonchev–Trinajstić information content (AvgIpc) is 2.01. The Morgan fingerprint density at radius 3 is 2.60 bits per heavy atom. The summed E-state index contributed by atoms with van der Waals surface area (Å²) in [7, 11) is 0. The Labute approximate surface area is 63.6 Å². The fourth-order valence-electron chi connectivity index (χ4n) is 1.11. The van der Waals surface area contributed by atoms with Crippen LogP contribution in [0.4, 0.5) is 0 Å². The van der Waals surface area contributed by atoms with Crippen molar-refractivity contribution in [1.29, 1.82) is 0 Å². The van der Waals surface area contributed by atoms with Gasteiger partial charge in [0.2, 0.25) is 0 Å². The molecule has 0 aromatic carbocycles. The molecule has 0 saturated carbocycles. The molecule has 0 N–H and O–H groups in total. The molecule has 0 aromatic rings. The van der Waals surface area contributed by atoms with Gasteiger partial charge in [-0.2, -0.15) is 0 Å². The molecule has 1 radical (unpaired) electrons. The predicted octanol–water partition coefficient (Wildman–Crippen LogP) is 3.27. The van der Waals surface area contributed by atoms with Gasteiger partial charge in [-0.3, -0.25) is 0 Å². The molecule has 0 amide bonds. The molecular formula is C10H15. The van der Waals surface area contributed by atoms with Crippen LogP contribution >= 0.6 is 0 Å². The maximum atomic E-state index is 2.25. The fraction of sp³-hybridized carbons (Fsp3) is 0.500. The van der Waals surface area contributed by atoms with E-state index >= 15 is 0 Å². The molecule has 0 heterocycles. The van der Waals surface area contributed by atoms with Gasteiger partial charge in [0.1, 0.15) is 0 Å². The summed E-state index contributed by atoms with van der Waals surface area (Å²) in [4.78, 5) is 0. The quantitative estimate of drug-likeness (QED) is 0.478. The molecule has 0 atom stereocenters. The van der Waals surface area contributed by atoms with Gasteiger partial charge < -0.3 is 0 Å². The molecule has 0 aliphatic heterocycles. The third kappa shape index (κ3) is 3.49. The van der Waals surface area contributed by atoms with Crippen LogP contribution in [0.2, 0.25) is 0 Å². The Balaban J connectivity index is 2.26. The van der Waals surface area contributed by atoms with E-state index in [1.165, 1.54) is 32.1 Å². The fourth-order valence-corrected chi connectivity index (χ4v) is 1.11. The summed E-state index contributed by atoms with van der Waals surface area (Å²) in [6.45, 7) is 0. The number of hydrogen-bond acceptors (Lipinski definition) is 0. The lowest BCUT2D eigenvalue weighted by Gasteiger charge is -1.97. The molecule has 0 unspecified atom stereocenters. The van der Waals surface area contributed by atoms with Gasteiger partial charge in [0, 0.05) is 0 Å². The first-order valence-electron chi connectivity index (χ1n) is 4.15. The summed E-state index contributed by atoms with van der Waals surface area (Å²) in [6, 6.07) is 0. The van der Waals surface area contributed by atoms with E-state index in [0.717, 1.165) is 0 Å². The van der Waals surface area contributed by atoms with Crippen LogP contribution in [0.3, 0.4) is 0 Å². The Hall–Kier alpha value is -0.520. The standard InChI is InChI=1S/C10H15/c1-2-4-6-8-10-9-7-5-3-1/h1-5H,6-10H2/b2-1+,5-3-. The molecule has 0 bridgehead atoms. The first-order chi connectivity index (χ1) is 5.00. The topological polar surface area (TPSA) is 0 Å². The van der Waals surface area contributed by atoms with Crippen molar-refractivity contribution in [2.75, 3.05) is 0 Å². The van der Waals surface area contributed by atoms with Gasteiger partial charge in [-0.25, -0.2) is 0 Å². The van der Waals surface area contributed by atoms with E-state index < -0.39 is 0 Å². The van der Waals surface area contributed by atoms with Crippen molar-refractivity contribution in [2.24, 2.45) is 0 Å². The lowest BCUT2D eigenvalue weighted by atomic mass is 10.1. The molecule has 0 aromatic heterocycles. The Morgan fingerprint density at radius 2 is 1.60 bits per heavy atom. The zero-order chi connectivity index (χ0) is 7.07. The zero-order valence-corrected chi connectivity index (χ0v) is 6.42. The summed E-state index contributed by atoms with van der Waals surface area (Å²) < 4.78 is 0. The van der Waals surface area contributed by atoms with Crippen molar-refractivity contribution < 1.29 is 0 Å². The minimum absolute atomic E-state index is 1.25. The van der Waals surface area contributed by atoms with E-state index in [-0.39, 0.29) is 0 Å². The normalized spacial score (nSPS) is 27.2. The first-order valence-corrected chi connectivity index (χ1v) is 4.15. The summed E-state index contributed by atoms with van der Waals surface area (Å²) in [6.07, 6.45) is 17.5. The maximum Gasteiger partial charge on any atom is -0.0167 e. The third-order valence-corrected chi connectivity index (χ3v) is 1.74. The maximum absolute atomic E-state index is 2.25. The molecule has 0 spiro atoms. The van der Waals surface area contributed by atoms with Crippen LogP contribution in [0.25, 0.3) is 0 Å². The van der Waals surface area contributed by atoms with Crippen LogP contribution < -0.4 is 0 Å². The second-order valence-corrected chi connectivity index (χ2v) is 2.69. The average molecular weight is 135 g/mol. The van der Waals surface area contributed by atoms with Crippen molar-refractivity contribution in [3.63, 3.8) is 0 Å². The Bertz CT molecular complexity index is 104. The highest BCUT2D eigenvalue weighted by molar-refractivity contribution is 5.07. The van der Waals surface area contributed by atoms with Crippen LogP contribution in [-0.2, 0) is 0 Å². The van der Waals surface area contributed by atoms with E-state index in [1.54, 1.807) is 0 Å². The largest absolute Gasteiger partial charge is 0.0845 e. The van der Waals surface area contributed by atoms with Crippen LogP contribution in [0.1, 0.15) is 32.1 Å². The van der Waals surface area contributed by atoms with E-state index in [9.17, 15) is 0 Å². The Kier molecular flexibility index (Phi) is 4.00. The number of rotatable bonds is 0. The highest BCUT2D eigenvalue weighted by Crippen LogP contribution is 2.07. The molecule has 1 rings (SSSR count). The highest BCUT2D eigenvalue weighted by Gasteiger charge is 1.88. The van der Waals surface area contributed by atoms with Crippen LogP contribution in [0, 0.1) is 6.42 Å². The minimum atomic E-state index is 1.25. The summed E-state index contributed by atoms with van der Waals surface area (Å²) in [5.41, 5.74) is 0. The molecule has 0 nitrogen and oxygen atoms in total. The van der Waals surface area contributed by atoms with Gasteiger partial charge in [-0.15, -0.1) is 0 Å². The third-order valence-electron chi connectivity index (χ3n) is 1.74. The van der Waals surface area contributed by atoms with Crippen molar-refractivity contribution in [2.45, 2.75) is 32.1 Å². The number of allylic oxidation sites excluding steroid dienone is 4. The van der Waals surface area contributed by atoms with E-state index in [4.69, 9.17) is 0 Å². The van der Waals surface area contributed by atoms with Crippen LogP contribution in [0.5, 0.6) is 0 Å². The van der Waals surface area contributed by atoms with Gasteiger partial charge in [0.15, 0.2) is 0 Å². The van der Waals surface area contributed by atoms with E-state index in [2.05, 4.69) is 30.7 Å². The first kappa shape index (κ1) is 7.59. The molecule has 0 fully saturated rings. The smallest absolute Gasteiger partial charge is 0.0167 e. The summed E-state index contributed by atoms with van der Waals surface area (Å²) in [5, 5.41) is 0. The monoisotopic (exact) mass is 135 g/mol. The highest BCUT2D eigenvalue weighted by atomic mass is 13.9. The van der Waals surface area contributed by atoms with E-state index in [1.807, 2.05) is 0 Å². The molecular weight excluding hydrogens is 120 g/mol. The lowest BCUT2D eigenvalue weighted by molar-refractivity contribution is 0.685. The zero-order valence-electron chi connectivity index (χ0n) is 6.42. The molecule has 0 heteroatoms. The Morgan fingerprint density at radius 1 is 0.700 bits per heavy atom. The van der Waals surface area contributed by atoms with E-state index in [0.29, 0.717) is 0 Å². The molecule has 10 heavy (non-hydrogen) atoms. The molecule has 55 valence electrons. The minimum Gasteiger partial charge on any atom is -0.0845 e. The van der Waals surface area contributed by atoms with Crippen molar-refractivity contribution in [1.82, 2.24) is 0 Å². The molecule has 1 aliphatic rings. The van der Waals surface area contributed by atoms with Crippen LogP contribution in [-0.4, -0.2) is 0 Å². The number of hydrogen-bond donors (Lipinski definition) is 0. The van der Waals surface area contributed by atoms with Gasteiger partial charge in [0.05, 0.1) is 0 Å². The summed E-state index contributed by atoms with van der Waals surface area (Å²) in [5.74, 6) is 0. The van der Waals surface area contributed by atoms with Gasteiger partial charge >= 0.3 is 0 Å². The summed E-state index contributed by atoms with van der Waals surface area (Å²) >= 11 is 0. The van der Waals surface area contributed by atoms with Crippen LogP contribution in [0.15, 0.2) is 24.3 Å². The second kappa shape index (κ2) is 5.28. The molecule has 1 aliphatic carbocycles. The lowest BCUT2D eigenvalue weighted by Crippen LogP contribution is -1.78. The van der Waals surface area contributed by atoms with Crippen molar-refractivity contribution in [3.05, 3.63) is 30.7 Å². The SMILES string of the molecule is [CH]1/C=C/C=C\CCCCC1. The predicted molar refractivity (Wildman–Crippen MR) is 45.7 cm³/mol. The second-order valence-electron chi connectivity index (χ2n) is 2.69. The van der Waals surface area contributed by atoms with Gasteiger partial charge in [-0.1, -0.05) is 37.1 Å². The molecule has 0 saturated heterocycles. The van der Waals surface area contributed by atoms with Gasteiger partial charge in [-0.05, 0) is 25.7 Å². The van der Waals surface area contributed by atoms with Crippen molar-refractivity contribution >= 4 is 0 Å². The van der Waals surface area contributed by atoms with Gasteiger partial charge in [0.25, 0.3) is 0 Å². The van der Waals surface area contributed by atoms with Crippen molar-refractivity contribution in [3.8, 4) is 0 Å².